The van der Waals surface area contributed by atoms with Crippen molar-refractivity contribution >= 4 is 23.1 Å². The predicted octanol–water partition coefficient (Wildman–Crippen LogP) is 3.95. The maximum absolute atomic E-state index is 11.5. The molecule has 11 nitrogen and oxygen atoms in total. The van der Waals surface area contributed by atoms with Crippen LogP contribution in [0.3, 0.4) is 0 Å². The number of non-ortho nitro benzene ring substituents is 1. The number of pyridine rings is 1. The first-order valence-corrected chi connectivity index (χ1v) is 9.31. The minimum atomic E-state index is -0.678. The monoisotopic (exact) mass is 424 g/mol. The molecule has 0 fully saturated rings. The van der Waals surface area contributed by atoms with Crippen LogP contribution >= 0.6 is 11.8 Å². The van der Waals surface area contributed by atoms with Gasteiger partial charge in [0.2, 0.25) is 0 Å². The summed E-state index contributed by atoms with van der Waals surface area (Å²) in [6.45, 7) is 0.292. The number of aromatic nitrogens is 4. The largest absolute Gasteiger partial charge is 0.467 e. The number of nitro benzene ring substituents is 2. The summed E-state index contributed by atoms with van der Waals surface area (Å²) >= 11 is 0.995. The van der Waals surface area contributed by atoms with Gasteiger partial charge in [-0.25, -0.2) is 0 Å². The van der Waals surface area contributed by atoms with E-state index in [4.69, 9.17) is 4.42 Å². The fourth-order valence-electron chi connectivity index (χ4n) is 2.73. The summed E-state index contributed by atoms with van der Waals surface area (Å²) in [4.78, 5) is 25.3. The van der Waals surface area contributed by atoms with E-state index in [9.17, 15) is 20.2 Å². The molecule has 4 rings (SSSR count). The van der Waals surface area contributed by atoms with Gasteiger partial charge in [-0.1, -0.05) is 0 Å². The zero-order valence-corrected chi connectivity index (χ0v) is 15.9. The van der Waals surface area contributed by atoms with Crippen molar-refractivity contribution in [2.24, 2.45) is 0 Å². The van der Waals surface area contributed by atoms with Gasteiger partial charge in [-0.3, -0.25) is 29.8 Å². The second-order valence-electron chi connectivity index (χ2n) is 5.98. The van der Waals surface area contributed by atoms with E-state index in [1.807, 2.05) is 0 Å². The van der Waals surface area contributed by atoms with Crippen LogP contribution in [-0.4, -0.2) is 29.6 Å². The van der Waals surface area contributed by atoms with Gasteiger partial charge in [-0.05, 0) is 42.1 Å². The molecule has 12 heteroatoms. The second kappa shape index (κ2) is 8.13. The average Bonchev–Trinajstić information content (AvgIpc) is 3.39. The van der Waals surface area contributed by atoms with Gasteiger partial charge >= 0.3 is 0 Å². The number of nitro groups is 2. The van der Waals surface area contributed by atoms with E-state index in [1.165, 1.54) is 12.1 Å². The molecule has 0 aliphatic rings. The van der Waals surface area contributed by atoms with Crippen LogP contribution < -0.4 is 0 Å². The van der Waals surface area contributed by atoms with Crippen LogP contribution in [0.15, 0.2) is 75.6 Å². The highest BCUT2D eigenvalue weighted by atomic mass is 32.2. The molecule has 3 heterocycles. The Hall–Kier alpha value is -4.06. The summed E-state index contributed by atoms with van der Waals surface area (Å²) < 4.78 is 7.18. The maximum atomic E-state index is 11.5. The molecule has 0 aliphatic carbocycles. The summed E-state index contributed by atoms with van der Waals surface area (Å²) in [6.07, 6.45) is 4.78. The zero-order chi connectivity index (χ0) is 21.1. The third-order valence-electron chi connectivity index (χ3n) is 4.10. The van der Waals surface area contributed by atoms with Gasteiger partial charge in [0.1, 0.15) is 5.76 Å². The summed E-state index contributed by atoms with van der Waals surface area (Å²) in [5.74, 6) is 1.17. The van der Waals surface area contributed by atoms with Gasteiger partial charge < -0.3 is 4.42 Å². The Balaban J connectivity index is 1.77. The molecule has 1 aromatic carbocycles. The van der Waals surface area contributed by atoms with Crippen molar-refractivity contribution in [3.63, 3.8) is 0 Å². The van der Waals surface area contributed by atoms with Gasteiger partial charge in [0.25, 0.3) is 11.4 Å². The summed E-state index contributed by atoms with van der Waals surface area (Å²) in [5, 5.41) is 31.2. The molecule has 150 valence electrons. The Morgan fingerprint density at radius 1 is 1.03 bits per heavy atom. The van der Waals surface area contributed by atoms with Crippen molar-refractivity contribution in [1.82, 2.24) is 19.7 Å². The lowest BCUT2D eigenvalue weighted by Crippen LogP contribution is -2.03. The smallest absolute Gasteiger partial charge is 0.290 e. The van der Waals surface area contributed by atoms with Crippen LogP contribution in [0.1, 0.15) is 5.76 Å². The Kier molecular flexibility index (Phi) is 5.22. The average molecular weight is 424 g/mol. The van der Waals surface area contributed by atoms with Crippen LogP contribution in [0.5, 0.6) is 0 Å². The van der Waals surface area contributed by atoms with Crippen LogP contribution in [0.25, 0.3) is 11.4 Å². The normalized spacial score (nSPS) is 10.8. The third kappa shape index (κ3) is 3.89. The van der Waals surface area contributed by atoms with Crippen molar-refractivity contribution in [2.75, 3.05) is 0 Å². The van der Waals surface area contributed by atoms with Crippen LogP contribution in [0, 0.1) is 20.2 Å². The molecule has 0 amide bonds. The fraction of sp³-hybridized carbons (Fsp3) is 0.0556. The lowest BCUT2D eigenvalue weighted by atomic mass is 10.2. The second-order valence-corrected chi connectivity index (χ2v) is 6.98. The number of nitrogens with zero attached hydrogens (tertiary/aromatic N) is 6. The Labute approximate surface area is 172 Å². The van der Waals surface area contributed by atoms with Crippen LogP contribution in [0.4, 0.5) is 11.4 Å². The van der Waals surface area contributed by atoms with Crippen LogP contribution in [0.2, 0.25) is 0 Å². The SMILES string of the molecule is O=[N+]([O-])c1ccc(Sc2nnc(-c3ccncc3)n2Cc2ccco2)c([N+](=O)[O-])c1. The standard InChI is InChI=1S/C18H12N6O5S/c25-23(26)13-3-4-16(15(10-13)24(27)28)30-18-21-20-17(12-5-7-19-8-6-12)22(18)11-14-2-1-9-29-14/h1-10H,11H2. The van der Waals surface area contributed by atoms with Gasteiger partial charge in [0.15, 0.2) is 11.0 Å². The maximum Gasteiger partial charge on any atom is 0.290 e. The van der Waals surface area contributed by atoms with Gasteiger partial charge in [0, 0.05) is 24.0 Å². The lowest BCUT2D eigenvalue weighted by Gasteiger charge is -2.09. The third-order valence-corrected chi connectivity index (χ3v) is 5.15. The molecule has 0 saturated heterocycles. The highest BCUT2D eigenvalue weighted by Gasteiger charge is 2.23. The van der Waals surface area contributed by atoms with E-state index in [2.05, 4.69) is 15.2 Å². The number of hydrogen-bond acceptors (Lipinski definition) is 9. The Bertz CT molecular complexity index is 1210. The Morgan fingerprint density at radius 3 is 2.50 bits per heavy atom. The van der Waals surface area contributed by atoms with Gasteiger partial charge in [-0.2, -0.15) is 0 Å². The van der Waals surface area contributed by atoms with E-state index < -0.39 is 9.85 Å². The first kappa shape index (κ1) is 19.3. The van der Waals surface area contributed by atoms with E-state index >= 15 is 0 Å². The molecule has 0 bridgehead atoms. The first-order chi connectivity index (χ1) is 14.5. The van der Waals surface area contributed by atoms with Crippen molar-refractivity contribution in [2.45, 2.75) is 16.6 Å². The molecule has 30 heavy (non-hydrogen) atoms. The topological polar surface area (TPSA) is 143 Å². The van der Waals surface area contributed by atoms with Crippen molar-refractivity contribution in [3.8, 4) is 11.4 Å². The molecule has 0 saturated carbocycles. The molecule has 0 radical (unpaired) electrons. The minimum absolute atomic E-state index is 0.208. The highest BCUT2D eigenvalue weighted by molar-refractivity contribution is 7.99. The predicted molar refractivity (Wildman–Crippen MR) is 105 cm³/mol. The lowest BCUT2D eigenvalue weighted by molar-refractivity contribution is -0.396. The van der Waals surface area contributed by atoms with E-state index in [-0.39, 0.29) is 16.3 Å². The van der Waals surface area contributed by atoms with E-state index in [0.29, 0.717) is 23.3 Å². The fourth-order valence-corrected chi connectivity index (χ4v) is 3.64. The first-order valence-electron chi connectivity index (χ1n) is 8.49. The van der Waals surface area contributed by atoms with E-state index in [1.54, 1.807) is 47.5 Å². The molecular weight excluding hydrogens is 412 g/mol. The molecule has 0 aliphatic heterocycles. The van der Waals surface area contributed by atoms with Crippen molar-refractivity contribution < 1.29 is 14.3 Å². The number of benzene rings is 1. The minimum Gasteiger partial charge on any atom is -0.467 e. The molecule has 0 atom stereocenters. The van der Waals surface area contributed by atoms with E-state index in [0.717, 1.165) is 23.4 Å². The highest BCUT2D eigenvalue weighted by Crippen LogP contribution is 2.37. The van der Waals surface area contributed by atoms with Crippen molar-refractivity contribution in [1.29, 1.82) is 0 Å². The summed E-state index contributed by atoms with van der Waals surface area (Å²) in [7, 11) is 0. The number of furan rings is 1. The Morgan fingerprint density at radius 2 is 1.83 bits per heavy atom. The molecule has 3 aromatic heterocycles. The molecule has 0 N–H and O–H groups in total. The molecule has 0 spiro atoms. The quantitative estimate of drug-likeness (QED) is 0.318. The molecule has 4 aromatic rings. The van der Waals surface area contributed by atoms with Gasteiger partial charge in [-0.15, -0.1) is 10.2 Å². The molecular formula is C18H12N6O5S. The summed E-state index contributed by atoms with van der Waals surface area (Å²) in [5.41, 5.74) is 0.0156. The molecule has 0 unspecified atom stereocenters. The van der Waals surface area contributed by atoms with Crippen molar-refractivity contribution in [3.05, 3.63) is 87.1 Å². The number of rotatable bonds is 7. The summed E-state index contributed by atoms with van der Waals surface area (Å²) in [6, 6.07) is 10.6. The van der Waals surface area contributed by atoms with Gasteiger partial charge in [0.05, 0.1) is 33.6 Å². The number of hydrogen-bond donors (Lipinski definition) is 0. The zero-order valence-electron chi connectivity index (χ0n) is 15.1. The van der Waals surface area contributed by atoms with Crippen LogP contribution in [-0.2, 0) is 6.54 Å².